The molecule has 0 aromatic carbocycles. The Bertz CT molecular complexity index is 248. The third-order valence-corrected chi connectivity index (χ3v) is 4.34. The van der Waals surface area contributed by atoms with Crippen LogP contribution in [-0.4, -0.2) is 29.9 Å². The Hall–Kier alpha value is -0.570. The van der Waals surface area contributed by atoms with Gasteiger partial charge in [-0.05, 0) is 31.6 Å². The van der Waals surface area contributed by atoms with Gasteiger partial charge >= 0.3 is 0 Å². The number of nitrogens with zero attached hydrogens (tertiary/aromatic N) is 1. The van der Waals surface area contributed by atoms with E-state index in [4.69, 9.17) is 5.73 Å². The van der Waals surface area contributed by atoms with Crippen LogP contribution in [0.15, 0.2) is 0 Å². The first-order valence-electron chi connectivity index (χ1n) is 6.74. The first kappa shape index (κ1) is 11.9. The minimum absolute atomic E-state index is 0.293. The molecular weight excluding hydrogens is 200 g/mol. The van der Waals surface area contributed by atoms with Crippen LogP contribution in [0.25, 0.3) is 0 Å². The molecule has 2 aliphatic rings. The van der Waals surface area contributed by atoms with Crippen molar-refractivity contribution in [1.29, 1.82) is 0 Å². The van der Waals surface area contributed by atoms with Gasteiger partial charge in [0.1, 0.15) is 0 Å². The van der Waals surface area contributed by atoms with Gasteiger partial charge in [-0.25, -0.2) is 0 Å². The van der Waals surface area contributed by atoms with Gasteiger partial charge in [-0.15, -0.1) is 0 Å². The number of hydrogen-bond acceptors (Lipinski definition) is 2. The molecule has 1 saturated carbocycles. The maximum Gasteiger partial charge on any atom is 0.225 e. The van der Waals surface area contributed by atoms with E-state index in [1.807, 2.05) is 0 Å². The molecule has 2 atom stereocenters. The molecule has 0 unspecified atom stereocenters. The zero-order valence-electron chi connectivity index (χ0n) is 10.3. The Labute approximate surface area is 98.4 Å². The Balaban J connectivity index is 2.02. The van der Waals surface area contributed by atoms with Crippen LogP contribution in [0.5, 0.6) is 0 Å². The molecule has 3 nitrogen and oxygen atoms in total. The molecule has 0 bridgehead atoms. The standard InChI is InChI=1S/C13H24N2O/c1-10-5-4-8-15(12(10)9-14)13(16)11-6-2-3-7-11/h10-12H,2-9,14H2,1H3/t10-,12-/m1/s1. The molecule has 92 valence electrons. The van der Waals surface area contributed by atoms with Crippen molar-refractivity contribution in [2.75, 3.05) is 13.1 Å². The van der Waals surface area contributed by atoms with Gasteiger partial charge in [0.05, 0.1) is 0 Å². The summed E-state index contributed by atoms with van der Waals surface area (Å²) in [6, 6.07) is 0.293. The predicted octanol–water partition coefficient (Wildman–Crippen LogP) is 1.76. The second-order valence-electron chi connectivity index (χ2n) is 5.44. The van der Waals surface area contributed by atoms with Crippen molar-refractivity contribution in [3.05, 3.63) is 0 Å². The molecule has 16 heavy (non-hydrogen) atoms. The van der Waals surface area contributed by atoms with E-state index < -0.39 is 0 Å². The van der Waals surface area contributed by atoms with Gasteiger partial charge in [-0.3, -0.25) is 4.79 Å². The van der Waals surface area contributed by atoms with Gasteiger partial charge in [0.2, 0.25) is 5.91 Å². The van der Waals surface area contributed by atoms with E-state index in [2.05, 4.69) is 11.8 Å². The Morgan fingerprint density at radius 2 is 1.94 bits per heavy atom. The molecule has 2 rings (SSSR count). The first-order chi connectivity index (χ1) is 7.74. The summed E-state index contributed by atoms with van der Waals surface area (Å²) in [5, 5.41) is 0. The number of amides is 1. The minimum Gasteiger partial charge on any atom is -0.338 e. The summed E-state index contributed by atoms with van der Waals surface area (Å²) in [5.74, 6) is 1.27. The molecule has 0 spiro atoms. The average molecular weight is 224 g/mol. The van der Waals surface area contributed by atoms with E-state index in [0.29, 0.717) is 30.3 Å². The number of hydrogen-bond donors (Lipinski definition) is 1. The summed E-state index contributed by atoms with van der Waals surface area (Å²) in [6.07, 6.45) is 7.02. The minimum atomic E-state index is 0.293. The second-order valence-corrected chi connectivity index (χ2v) is 5.44. The van der Waals surface area contributed by atoms with E-state index in [-0.39, 0.29) is 0 Å². The van der Waals surface area contributed by atoms with Gasteiger partial charge in [-0.2, -0.15) is 0 Å². The number of nitrogens with two attached hydrogens (primary N) is 1. The molecule has 2 fully saturated rings. The molecule has 2 N–H and O–H groups in total. The lowest BCUT2D eigenvalue weighted by atomic mass is 9.89. The van der Waals surface area contributed by atoms with Crippen molar-refractivity contribution in [2.45, 2.75) is 51.5 Å². The molecule has 1 heterocycles. The summed E-state index contributed by atoms with van der Waals surface area (Å²) < 4.78 is 0. The summed E-state index contributed by atoms with van der Waals surface area (Å²) in [7, 11) is 0. The number of piperidine rings is 1. The van der Waals surface area contributed by atoms with Gasteiger partial charge < -0.3 is 10.6 Å². The van der Waals surface area contributed by atoms with E-state index in [0.717, 1.165) is 25.8 Å². The van der Waals surface area contributed by atoms with Crippen molar-refractivity contribution in [2.24, 2.45) is 17.6 Å². The number of rotatable bonds is 2. The first-order valence-corrected chi connectivity index (χ1v) is 6.74. The summed E-state index contributed by atoms with van der Waals surface area (Å²) in [5.41, 5.74) is 5.83. The lowest BCUT2D eigenvalue weighted by Crippen LogP contribution is -2.52. The van der Waals surface area contributed by atoms with Crippen molar-refractivity contribution in [3.8, 4) is 0 Å². The molecule has 1 saturated heterocycles. The lowest BCUT2D eigenvalue weighted by Gasteiger charge is -2.40. The highest BCUT2D eigenvalue weighted by Gasteiger charge is 2.35. The van der Waals surface area contributed by atoms with Crippen LogP contribution in [0.1, 0.15) is 45.4 Å². The summed E-state index contributed by atoms with van der Waals surface area (Å²) in [4.78, 5) is 14.5. The van der Waals surface area contributed by atoms with E-state index >= 15 is 0 Å². The van der Waals surface area contributed by atoms with Gasteiger partial charge in [-0.1, -0.05) is 19.8 Å². The number of carbonyl (C=O) groups excluding carboxylic acids is 1. The van der Waals surface area contributed by atoms with Crippen LogP contribution in [0.3, 0.4) is 0 Å². The van der Waals surface area contributed by atoms with Crippen LogP contribution in [0.4, 0.5) is 0 Å². The highest BCUT2D eigenvalue weighted by atomic mass is 16.2. The van der Waals surface area contributed by atoms with Gasteiger partial charge in [0, 0.05) is 25.0 Å². The highest BCUT2D eigenvalue weighted by molar-refractivity contribution is 5.79. The molecule has 0 aromatic rings. The van der Waals surface area contributed by atoms with Crippen molar-refractivity contribution in [3.63, 3.8) is 0 Å². The normalized spacial score (nSPS) is 32.0. The molecule has 3 heteroatoms. The Kier molecular flexibility index (Phi) is 3.85. The Morgan fingerprint density at radius 1 is 1.25 bits per heavy atom. The van der Waals surface area contributed by atoms with Gasteiger partial charge in [0.25, 0.3) is 0 Å². The maximum absolute atomic E-state index is 12.4. The fourth-order valence-corrected chi connectivity index (χ4v) is 3.29. The molecule has 1 aliphatic heterocycles. The third-order valence-electron chi connectivity index (χ3n) is 4.34. The monoisotopic (exact) mass is 224 g/mol. The quantitative estimate of drug-likeness (QED) is 0.777. The number of carbonyl (C=O) groups is 1. The van der Waals surface area contributed by atoms with Crippen LogP contribution in [0.2, 0.25) is 0 Å². The predicted molar refractivity (Wildman–Crippen MR) is 64.9 cm³/mol. The van der Waals surface area contributed by atoms with E-state index in [1.165, 1.54) is 19.3 Å². The molecule has 0 radical (unpaired) electrons. The largest absolute Gasteiger partial charge is 0.338 e. The molecule has 1 aliphatic carbocycles. The maximum atomic E-state index is 12.4. The third kappa shape index (κ3) is 2.24. The molecular formula is C13H24N2O. The van der Waals surface area contributed by atoms with Crippen LogP contribution >= 0.6 is 0 Å². The van der Waals surface area contributed by atoms with Crippen molar-refractivity contribution in [1.82, 2.24) is 4.90 Å². The van der Waals surface area contributed by atoms with Crippen LogP contribution in [0, 0.1) is 11.8 Å². The fourth-order valence-electron chi connectivity index (χ4n) is 3.29. The van der Waals surface area contributed by atoms with E-state index in [1.54, 1.807) is 0 Å². The van der Waals surface area contributed by atoms with Crippen molar-refractivity contribution < 1.29 is 4.79 Å². The SMILES string of the molecule is C[C@@H]1CCCN(C(=O)C2CCCC2)[C@@H]1CN. The van der Waals surface area contributed by atoms with Gasteiger partial charge in [0.15, 0.2) is 0 Å². The molecule has 1 amide bonds. The fraction of sp³-hybridized carbons (Fsp3) is 0.923. The average Bonchev–Trinajstić information content (AvgIpc) is 2.81. The zero-order chi connectivity index (χ0) is 11.5. The summed E-state index contributed by atoms with van der Waals surface area (Å²) in [6.45, 7) is 3.78. The topological polar surface area (TPSA) is 46.3 Å². The lowest BCUT2D eigenvalue weighted by molar-refractivity contribution is -0.140. The van der Waals surface area contributed by atoms with Crippen LogP contribution in [-0.2, 0) is 4.79 Å². The van der Waals surface area contributed by atoms with Crippen LogP contribution < -0.4 is 5.73 Å². The number of likely N-dealkylation sites (tertiary alicyclic amines) is 1. The smallest absolute Gasteiger partial charge is 0.225 e. The van der Waals surface area contributed by atoms with Crippen molar-refractivity contribution >= 4 is 5.91 Å². The highest BCUT2D eigenvalue weighted by Crippen LogP contribution is 2.30. The second kappa shape index (κ2) is 5.17. The Morgan fingerprint density at radius 3 is 2.56 bits per heavy atom. The van der Waals surface area contributed by atoms with E-state index in [9.17, 15) is 4.79 Å². The molecule has 0 aromatic heterocycles. The zero-order valence-corrected chi connectivity index (χ0v) is 10.3. The summed E-state index contributed by atoms with van der Waals surface area (Å²) >= 11 is 0.